The van der Waals surface area contributed by atoms with Crippen LogP contribution < -0.4 is 5.32 Å². The highest BCUT2D eigenvalue weighted by Crippen LogP contribution is 2.15. The lowest BCUT2D eigenvalue weighted by Crippen LogP contribution is -2.45. The minimum atomic E-state index is -0.694. The van der Waals surface area contributed by atoms with Gasteiger partial charge in [0.05, 0.1) is 25.4 Å². The average molecular weight is 748 g/mol. The van der Waals surface area contributed by atoms with E-state index >= 15 is 0 Å². The first-order valence-electron chi connectivity index (χ1n) is 23.1. The predicted octanol–water partition coefficient (Wildman–Crippen LogP) is 13.2. The van der Waals surface area contributed by atoms with E-state index in [-0.39, 0.29) is 18.5 Å². The zero-order chi connectivity index (χ0) is 38.7. The molecule has 0 aromatic heterocycles. The van der Waals surface area contributed by atoms with Gasteiger partial charge in [0.2, 0.25) is 5.91 Å². The third-order valence-corrected chi connectivity index (χ3v) is 10.5. The molecule has 2 unspecified atom stereocenters. The number of hydrogen-bond donors (Lipinski definition) is 3. The number of ether oxygens (including phenoxy) is 1. The minimum absolute atomic E-state index is 0.0448. The molecule has 312 valence electrons. The maximum absolute atomic E-state index is 12.4. The third kappa shape index (κ3) is 39.8. The number of hydrogen-bond acceptors (Lipinski definition) is 5. The summed E-state index contributed by atoms with van der Waals surface area (Å²) < 4.78 is 5.42. The van der Waals surface area contributed by atoms with Crippen molar-refractivity contribution in [3.63, 3.8) is 0 Å². The van der Waals surface area contributed by atoms with Gasteiger partial charge in [0, 0.05) is 12.8 Å². The van der Waals surface area contributed by atoms with Gasteiger partial charge in [0.15, 0.2) is 0 Å². The van der Waals surface area contributed by atoms with Crippen LogP contribution in [0.25, 0.3) is 0 Å². The zero-order valence-electron chi connectivity index (χ0n) is 35.2. The summed E-state index contributed by atoms with van der Waals surface area (Å²) in [4.78, 5) is 24.4. The first-order valence-corrected chi connectivity index (χ1v) is 23.1. The van der Waals surface area contributed by atoms with Crippen LogP contribution in [0.4, 0.5) is 0 Å². The van der Waals surface area contributed by atoms with Crippen LogP contribution in [0, 0.1) is 0 Å². The van der Waals surface area contributed by atoms with E-state index in [1.54, 1.807) is 0 Å². The maximum atomic E-state index is 12.4. The van der Waals surface area contributed by atoms with Crippen LogP contribution in [0.1, 0.15) is 239 Å². The average Bonchev–Trinajstić information content (AvgIpc) is 3.16. The number of allylic oxidation sites excluding steroid dienone is 4. The fourth-order valence-corrected chi connectivity index (χ4v) is 6.87. The zero-order valence-corrected chi connectivity index (χ0v) is 35.2. The smallest absolute Gasteiger partial charge is 0.305 e. The molecular weight excluding hydrogens is 659 g/mol. The molecular formula is C47H89NO5. The van der Waals surface area contributed by atoms with Crippen LogP contribution in [0.15, 0.2) is 24.3 Å². The van der Waals surface area contributed by atoms with Crippen molar-refractivity contribution in [2.24, 2.45) is 0 Å². The summed E-state index contributed by atoms with van der Waals surface area (Å²) in [6.45, 7) is 4.83. The molecule has 0 fully saturated rings. The van der Waals surface area contributed by atoms with E-state index in [9.17, 15) is 19.8 Å². The minimum Gasteiger partial charge on any atom is -0.466 e. The molecule has 0 aromatic rings. The summed E-state index contributed by atoms with van der Waals surface area (Å²) >= 11 is 0. The highest BCUT2D eigenvalue weighted by molar-refractivity contribution is 5.76. The Labute approximate surface area is 329 Å². The standard InChI is InChI=1S/C47H89NO5/c1-3-5-7-9-11-13-15-17-19-21-25-29-33-37-41-47(52)53-42-38-34-30-26-22-24-28-32-36-40-46(51)48-44(43-49)45(50)39-35-31-27-23-20-18-16-14-12-10-8-6-4-2/h15,17,24,28,44-45,49-50H,3-14,16,18-23,25-27,29-43H2,1-2H3,(H,48,51)/b17-15-,28-24-. The molecule has 3 N–H and O–H groups in total. The van der Waals surface area contributed by atoms with Gasteiger partial charge in [-0.15, -0.1) is 0 Å². The second-order valence-electron chi connectivity index (χ2n) is 15.7. The third-order valence-electron chi connectivity index (χ3n) is 10.5. The summed E-state index contributed by atoms with van der Waals surface area (Å²) in [6.07, 6.45) is 48.5. The van der Waals surface area contributed by atoms with Gasteiger partial charge in [-0.05, 0) is 70.6 Å². The molecule has 0 rings (SSSR count). The molecule has 0 saturated carbocycles. The molecule has 6 heteroatoms. The highest BCUT2D eigenvalue weighted by atomic mass is 16.5. The quantitative estimate of drug-likeness (QED) is 0.0328. The van der Waals surface area contributed by atoms with Crippen LogP contribution in [-0.4, -0.2) is 47.4 Å². The van der Waals surface area contributed by atoms with Crippen LogP contribution in [0.2, 0.25) is 0 Å². The molecule has 6 nitrogen and oxygen atoms in total. The van der Waals surface area contributed by atoms with E-state index in [2.05, 4.69) is 43.5 Å². The van der Waals surface area contributed by atoms with E-state index in [0.717, 1.165) is 70.6 Å². The molecule has 0 heterocycles. The maximum Gasteiger partial charge on any atom is 0.305 e. The number of carbonyl (C=O) groups is 2. The molecule has 0 aromatic carbocycles. The van der Waals surface area contributed by atoms with E-state index in [4.69, 9.17) is 4.74 Å². The van der Waals surface area contributed by atoms with Crippen LogP contribution >= 0.6 is 0 Å². The molecule has 0 radical (unpaired) electrons. The number of unbranched alkanes of at least 4 members (excludes halogenated alkanes) is 27. The largest absolute Gasteiger partial charge is 0.466 e. The number of aliphatic hydroxyl groups excluding tert-OH is 2. The number of amides is 1. The van der Waals surface area contributed by atoms with Crippen molar-refractivity contribution in [1.29, 1.82) is 0 Å². The Morgan fingerprint density at radius 3 is 1.38 bits per heavy atom. The number of carbonyl (C=O) groups excluding carboxylic acids is 2. The van der Waals surface area contributed by atoms with Gasteiger partial charge in [-0.25, -0.2) is 0 Å². The van der Waals surface area contributed by atoms with Crippen molar-refractivity contribution in [2.75, 3.05) is 13.2 Å². The first-order chi connectivity index (χ1) is 26.0. The topological polar surface area (TPSA) is 95.9 Å². The summed E-state index contributed by atoms with van der Waals surface area (Å²) in [5, 5.41) is 23.1. The number of esters is 1. The van der Waals surface area contributed by atoms with Gasteiger partial charge in [-0.1, -0.05) is 179 Å². The Bertz CT molecular complexity index is 828. The summed E-state index contributed by atoms with van der Waals surface area (Å²) in [7, 11) is 0. The fraction of sp³-hybridized carbons (Fsp3) is 0.872. The Kier molecular flexibility index (Phi) is 41.7. The number of aliphatic hydroxyl groups is 2. The molecule has 1 amide bonds. The Morgan fingerprint density at radius 2 is 0.906 bits per heavy atom. The van der Waals surface area contributed by atoms with Gasteiger partial charge >= 0.3 is 5.97 Å². The van der Waals surface area contributed by atoms with Crippen molar-refractivity contribution >= 4 is 11.9 Å². The van der Waals surface area contributed by atoms with Gasteiger partial charge in [-0.2, -0.15) is 0 Å². The monoisotopic (exact) mass is 748 g/mol. The fourth-order valence-electron chi connectivity index (χ4n) is 6.87. The van der Waals surface area contributed by atoms with Crippen LogP contribution in [-0.2, 0) is 14.3 Å². The molecule has 0 aliphatic rings. The summed E-state index contributed by atoms with van der Waals surface area (Å²) in [5.74, 6) is -0.142. The highest BCUT2D eigenvalue weighted by Gasteiger charge is 2.19. The number of nitrogens with one attached hydrogen (secondary N) is 1. The lowest BCUT2D eigenvalue weighted by Gasteiger charge is -2.22. The first kappa shape index (κ1) is 51.3. The molecule has 0 spiro atoms. The molecule has 53 heavy (non-hydrogen) atoms. The van der Waals surface area contributed by atoms with E-state index in [1.807, 2.05) is 0 Å². The van der Waals surface area contributed by atoms with Crippen molar-refractivity contribution in [3.05, 3.63) is 24.3 Å². The van der Waals surface area contributed by atoms with Gasteiger partial charge < -0.3 is 20.3 Å². The lowest BCUT2D eigenvalue weighted by atomic mass is 10.0. The summed E-state index contributed by atoms with van der Waals surface area (Å²) in [6, 6.07) is -0.578. The molecule has 0 bridgehead atoms. The van der Waals surface area contributed by atoms with Crippen molar-refractivity contribution < 1.29 is 24.5 Å². The molecule has 0 saturated heterocycles. The number of rotatable bonds is 42. The van der Waals surface area contributed by atoms with E-state index in [1.165, 1.54) is 135 Å². The second kappa shape index (κ2) is 43.1. The van der Waals surface area contributed by atoms with Crippen molar-refractivity contribution in [1.82, 2.24) is 5.32 Å². The van der Waals surface area contributed by atoms with Crippen LogP contribution in [0.5, 0.6) is 0 Å². The molecule has 0 aliphatic carbocycles. The normalized spacial score (nSPS) is 12.9. The second-order valence-corrected chi connectivity index (χ2v) is 15.7. The van der Waals surface area contributed by atoms with E-state index in [0.29, 0.717) is 25.9 Å². The lowest BCUT2D eigenvalue weighted by molar-refractivity contribution is -0.143. The Balaban J connectivity index is 3.56. The van der Waals surface area contributed by atoms with Crippen molar-refractivity contribution in [3.8, 4) is 0 Å². The predicted molar refractivity (Wildman–Crippen MR) is 227 cm³/mol. The SMILES string of the molecule is CCCCCCC/C=C\CCCCCCCC(=O)OCCCCCC/C=C\CCCC(=O)NC(CO)C(O)CCCCCCCCCCCCCCC. The van der Waals surface area contributed by atoms with E-state index < -0.39 is 12.1 Å². The van der Waals surface area contributed by atoms with Gasteiger partial charge in [-0.3, -0.25) is 9.59 Å². The Hall–Kier alpha value is -1.66. The molecule has 0 aliphatic heterocycles. The van der Waals surface area contributed by atoms with Gasteiger partial charge in [0.25, 0.3) is 0 Å². The Morgan fingerprint density at radius 1 is 0.509 bits per heavy atom. The van der Waals surface area contributed by atoms with Crippen molar-refractivity contribution in [2.45, 2.75) is 251 Å². The summed E-state index contributed by atoms with van der Waals surface area (Å²) in [5.41, 5.74) is 0. The van der Waals surface area contributed by atoms with Crippen LogP contribution in [0.3, 0.4) is 0 Å². The molecule has 2 atom stereocenters. The van der Waals surface area contributed by atoms with Gasteiger partial charge in [0.1, 0.15) is 0 Å².